The van der Waals surface area contributed by atoms with E-state index in [0.29, 0.717) is 11.3 Å². The van der Waals surface area contributed by atoms with Crippen LogP contribution in [0.3, 0.4) is 0 Å². The van der Waals surface area contributed by atoms with Crippen molar-refractivity contribution in [2.24, 2.45) is 11.3 Å². The standard InChI is InChI=1S/C22H28NOP/c1-22(2,3)18-14-16-19(17-15-18)23-25(24,20-10-6-4-7-11-20)21-12-8-5-9-13-21/h4-13,16,18H,14-15,17H2,1-3H3,(H,23,24). The first kappa shape index (κ1) is 18.0. The molecule has 0 saturated heterocycles. The number of benzene rings is 2. The van der Waals surface area contributed by atoms with Crippen molar-refractivity contribution in [2.45, 2.75) is 40.0 Å². The van der Waals surface area contributed by atoms with Gasteiger partial charge in [0.2, 0.25) is 7.29 Å². The molecule has 1 aliphatic carbocycles. The maximum atomic E-state index is 14.0. The normalized spacial score (nSPS) is 18.5. The van der Waals surface area contributed by atoms with Gasteiger partial charge < -0.3 is 5.09 Å². The van der Waals surface area contributed by atoms with Crippen molar-refractivity contribution in [3.05, 3.63) is 72.4 Å². The van der Waals surface area contributed by atoms with Crippen LogP contribution in [0.25, 0.3) is 0 Å². The Bertz CT molecular complexity index is 731. The van der Waals surface area contributed by atoms with Gasteiger partial charge in [-0.2, -0.15) is 0 Å². The summed E-state index contributed by atoms with van der Waals surface area (Å²) in [7, 11) is -2.87. The lowest BCUT2D eigenvalue weighted by Crippen LogP contribution is -2.30. The van der Waals surface area contributed by atoms with Crippen molar-refractivity contribution in [1.29, 1.82) is 0 Å². The van der Waals surface area contributed by atoms with E-state index in [-0.39, 0.29) is 0 Å². The topological polar surface area (TPSA) is 29.1 Å². The van der Waals surface area contributed by atoms with Crippen LogP contribution in [0.1, 0.15) is 40.0 Å². The number of hydrogen-bond acceptors (Lipinski definition) is 1. The Hall–Kier alpha value is -1.79. The molecule has 2 nitrogen and oxygen atoms in total. The molecule has 1 atom stereocenters. The van der Waals surface area contributed by atoms with E-state index in [4.69, 9.17) is 0 Å². The molecule has 0 heterocycles. The highest BCUT2D eigenvalue weighted by Crippen LogP contribution is 2.43. The molecule has 2 aromatic carbocycles. The predicted molar refractivity (Wildman–Crippen MR) is 108 cm³/mol. The van der Waals surface area contributed by atoms with Gasteiger partial charge in [0.05, 0.1) is 0 Å². The lowest BCUT2D eigenvalue weighted by atomic mass is 9.74. The maximum absolute atomic E-state index is 14.0. The van der Waals surface area contributed by atoms with Crippen LogP contribution in [-0.2, 0) is 4.57 Å². The third-order valence-electron chi connectivity index (χ3n) is 5.18. The third kappa shape index (κ3) is 4.07. The zero-order valence-electron chi connectivity index (χ0n) is 15.4. The van der Waals surface area contributed by atoms with Crippen molar-refractivity contribution in [2.75, 3.05) is 0 Å². The van der Waals surface area contributed by atoms with Crippen LogP contribution < -0.4 is 15.7 Å². The van der Waals surface area contributed by atoms with Gasteiger partial charge in [-0.05, 0) is 54.9 Å². The SMILES string of the molecule is CC(C)(C)C1CC=C(NP(=O)(c2ccccc2)c2ccccc2)CC1. The van der Waals surface area contributed by atoms with E-state index >= 15 is 0 Å². The van der Waals surface area contributed by atoms with Crippen molar-refractivity contribution in [1.82, 2.24) is 5.09 Å². The largest absolute Gasteiger partial charge is 0.333 e. The van der Waals surface area contributed by atoms with Gasteiger partial charge in [-0.25, -0.2) is 0 Å². The average molecular weight is 353 g/mol. The van der Waals surface area contributed by atoms with Crippen LogP contribution in [0.15, 0.2) is 72.4 Å². The highest BCUT2D eigenvalue weighted by Gasteiger charge is 2.31. The van der Waals surface area contributed by atoms with E-state index < -0.39 is 7.29 Å². The van der Waals surface area contributed by atoms with Crippen LogP contribution in [-0.4, -0.2) is 0 Å². The molecule has 0 fully saturated rings. The molecule has 3 rings (SSSR count). The van der Waals surface area contributed by atoms with E-state index in [0.717, 1.165) is 35.6 Å². The minimum absolute atomic E-state index is 0.324. The Kier molecular flexibility index (Phi) is 5.20. The average Bonchev–Trinajstić information content (AvgIpc) is 2.63. The molecule has 1 N–H and O–H groups in total. The molecule has 0 radical (unpaired) electrons. The van der Waals surface area contributed by atoms with E-state index in [1.54, 1.807) is 0 Å². The maximum Gasteiger partial charge on any atom is 0.226 e. The minimum atomic E-state index is -2.87. The molecule has 0 aliphatic heterocycles. The molecule has 0 amide bonds. The van der Waals surface area contributed by atoms with E-state index in [2.05, 4.69) is 31.9 Å². The number of allylic oxidation sites excluding steroid dienone is 2. The summed E-state index contributed by atoms with van der Waals surface area (Å²) in [5, 5.41) is 5.18. The third-order valence-corrected chi connectivity index (χ3v) is 7.83. The Morgan fingerprint density at radius 1 is 0.920 bits per heavy atom. The molecular weight excluding hydrogens is 325 g/mol. The molecule has 2 aromatic rings. The monoisotopic (exact) mass is 353 g/mol. The first-order valence-electron chi connectivity index (χ1n) is 9.08. The lowest BCUT2D eigenvalue weighted by Gasteiger charge is -2.34. The molecule has 0 bridgehead atoms. The molecule has 0 saturated carbocycles. The summed E-state index contributed by atoms with van der Waals surface area (Å²) >= 11 is 0. The number of rotatable bonds is 4. The molecule has 1 unspecified atom stereocenters. The second kappa shape index (κ2) is 7.22. The fraction of sp³-hybridized carbons (Fsp3) is 0.364. The Labute approximate surface area is 151 Å². The summed E-state index contributed by atoms with van der Waals surface area (Å²) in [5.41, 5.74) is 1.45. The highest BCUT2D eigenvalue weighted by molar-refractivity contribution is 7.77. The van der Waals surface area contributed by atoms with E-state index in [9.17, 15) is 4.57 Å². The summed E-state index contributed by atoms with van der Waals surface area (Å²) in [6.45, 7) is 6.92. The molecule has 0 aromatic heterocycles. The second-order valence-corrected chi connectivity index (χ2v) is 10.4. The second-order valence-electron chi connectivity index (χ2n) is 7.96. The van der Waals surface area contributed by atoms with Crippen LogP contribution in [0.2, 0.25) is 0 Å². The smallest absolute Gasteiger partial charge is 0.226 e. The molecule has 1 aliphatic rings. The number of hydrogen-bond donors (Lipinski definition) is 1. The van der Waals surface area contributed by atoms with Crippen molar-refractivity contribution >= 4 is 17.9 Å². The summed E-state index contributed by atoms with van der Waals surface area (Å²) < 4.78 is 14.0. The molecular formula is C22H28NOP. The van der Waals surface area contributed by atoms with Crippen LogP contribution in [0.5, 0.6) is 0 Å². The quantitative estimate of drug-likeness (QED) is 0.762. The van der Waals surface area contributed by atoms with Gasteiger partial charge in [-0.15, -0.1) is 0 Å². The Balaban J connectivity index is 1.90. The summed E-state index contributed by atoms with van der Waals surface area (Å²) in [5.74, 6) is 0.686. The van der Waals surface area contributed by atoms with E-state index in [1.165, 1.54) is 0 Å². The van der Waals surface area contributed by atoms with Crippen molar-refractivity contribution in [3.63, 3.8) is 0 Å². The predicted octanol–water partition coefficient (Wildman–Crippen LogP) is 5.24. The number of nitrogens with one attached hydrogen (secondary N) is 1. The van der Waals surface area contributed by atoms with Gasteiger partial charge >= 0.3 is 0 Å². The van der Waals surface area contributed by atoms with Gasteiger partial charge in [-0.3, -0.25) is 4.57 Å². The van der Waals surface area contributed by atoms with Crippen LogP contribution >= 0.6 is 7.29 Å². The lowest BCUT2D eigenvalue weighted by molar-refractivity contribution is 0.220. The fourth-order valence-corrected chi connectivity index (χ4v) is 5.83. The van der Waals surface area contributed by atoms with Gasteiger partial charge in [0.15, 0.2) is 0 Å². The fourth-order valence-electron chi connectivity index (χ4n) is 3.48. The van der Waals surface area contributed by atoms with Gasteiger partial charge in [0, 0.05) is 16.3 Å². The Morgan fingerprint density at radius 3 is 1.84 bits per heavy atom. The molecule has 25 heavy (non-hydrogen) atoms. The minimum Gasteiger partial charge on any atom is -0.333 e. The van der Waals surface area contributed by atoms with E-state index in [1.807, 2.05) is 60.7 Å². The summed E-state index contributed by atoms with van der Waals surface area (Å²) in [6.07, 6.45) is 5.42. The zero-order chi connectivity index (χ0) is 17.9. The van der Waals surface area contributed by atoms with Crippen molar-refractivity contribution < 1.29 is 4.57 Å². The summed E-state index contributed by atoms with van der Waals surface area (Å²) in [4.78, 5) is 0. The molecule has 132 valence electrons. The van der Waals surface area contributed by atoms with Gasteiger partial charge in [-0.1, -0.05) is 63.2 Å². The first-order chi connectivity index (χ1) is 11.9. The van der Waals surface area contributed by atoms with Crippen LogP contribution in [0.4, 0.5) is 0 Å². The highest BCUT2D eigenvalue weighted by atomic mass is 31.2. The van der Waals surface area contributed by atoms with Gasteiger partial charge in [0.25, 0.3) is 0 Å². The molecule has 0 spiro atoms. The van der Waals surface area contributed by atoms with Crippen molar-refractivity contribution in [3.8, 4) is 0 Å². The Morgan fingerprint density at radius 2 is 1.44 bits per heavy atom. The summed E-state index contributed by atoms with van der Waals surface area (Å²) in [6, 6.07) is 19.6. The first-order valence-corrected chi connectivity index (χ1v) is 10.8. The zero-order valence-corrected chi connectivity index (χ0v) is 16.3. The van der Waals surface area contributed by atoms with Gasteiger partial charge in [0.1, 0.15) is 0 Å². The molecule has 3 heteroatoms. The van der Waals surface area contributed by atoms with Crippen LogP contribution in [0, 0.1) is 11.3 Å².